The standard InChI is InChI=1S/2C6H6.2C2H4O2.Pd/c2*1-2-4-6-5-3-1;2*1-2(3)4;/h2*1-6H;2*1H3,(H,3,4);/q;;;;+2/p-2. The van der Waals surface area contributed by atoms with E-state index in [4.69, 9.17) is 19.8 Å². The molecule has 21 heavy (non-hydrogen) atoms. The number of carboxylic acid groups (broad SMARTS) is 2. The zero-order valence-corrected chi connectivity index (χ0v) is 13.4. The van der Waals surface area contributed by atoms with Crippen LogP contribution in [0.3, 0.4) is 0 Å². The smallest absolute Gasteiger partial charge is 0.550 e. The predicted octanol–water partition coefficient (Wildman–Crippen LogP) is 0.883. The summed E-state index contributed by atoms with van der Waals surface area (Å²) in [5, 5.41) is 17.8. The van der Waals surface area contributed by atoms with Crippen molar-refractivity contribution < 1.29 is 40.2 Å². The van der Waals surface area contributed by atoms with E-state index >= 15 is 0 Å². The second-order valence-corrected chi connectivity index (χ2v) is 3.29. The molecule has 0 aliphatic rings. The Kier molecular flexibility index (Phi) is 23.4. The first-order chi connectivity index (χ1) is 9.46. The fourth-order valence-corrected chi connectivity index (χ4v) is 0.770. The summed E-state index contributed by atoms with van der Waals surface area (Å²) in [6.45, 7) is 1.94. The van der Waals surface area contributed by atoms with Gasteiger partial charge in [-0.2, -0.15) is 0 Å². The van der Waals surface area contributed by atoms with E-state index in [1.165, 1.54) is 0 Å². The van der Waals surface area contributed by atoms with Crippen molar-refractivity contribution in [3.8, 4) is 0 Å². The van der Waals surface area contributed by atoms with E-state index in [9.17, 15) is 0 Å². The summed E-state index contributed by atoms with van der Waals surface area (Å²) in [6.07, 6.45) is 0. The molecule has 0 fully saturated rings. The second-order valence-electron chi connectivity index (χ2n) is 3.29. The Balaban J connectivity index is -0.000000208. The summed E-state index contributed by atoms with van der Waals surface area (Å²) in [4.78, 5) is 17.8. The molecule has 0 amide bonds. The van der Waals surface area contributed by atoms with Crippen molar-refractivity contribution in [2.24, 2.45) is 0 Å². The van der Waals surface area contributed by atoms with E-state index in [-0.39, 0.29) is 20.4 Å². The monoisotopic (exact) mass is 380 g/mol. The molecule has 0 heterocycles. The third-order valence-corrected chi connectivity index (χ3v) is 1.33. The molecular formula is C16H18O4Pd. The van der Waals surface area contributed by atoms with Crippen molar-refractivity contribution in [2.45, 2.75) is 13.8 Å². The van der Waals surface area contributed by atoms with Gasteiger partial charge in [0.2, 0.25) is 0 Å². The number of benzene rings is 2. The van der Waals surface area contributed by atoms with Crippen LogP contribution in [0.4, 0.5) is 0 Å². The Morgan fingerprint density at radius 1 is 0.524 bits per heavy atom. The molecule has 2 aromatic rings. The first-order valence-electron chi connectivity index (χ1n) is 5.82. The van der Waals surface area contributed by atoms with E-state index in [1.807, 2.05) is 72.8 Å². The van der Waals surface area contributed by atoms with Gasteiger partial charge in [0, 0.05) is 11.9 Å². The van der Waals surface area contributed by atoms with Gasteiger partial charge in [-0.05, 0) is 13.8 Å². The van der Waals surface area contributed by atoms with Crippen molar-refractivity contribution in [1.29, 1.82) is 0 Å². The van der Waals surface area contributed by atoms with Crippen molar-refractivity contribution in [3.05, 3.63) is 72.8 Å². The Bertz CT molecular complexity index is 328. The van der Waals surface area contributed by atoms with Gasteiger partial charge in [0.1, 0.15) is 0 Å². The van der Waals surface area contributed by atoms with Gasteiger partial charge in [-0.3, -0.25) is 0 Å². The third-order valence-electron chi connectivity index (χ3n) is 1.33. The van der Waals surface area contributed by atoms with Gasteiger partial charge in [0.05, 0.1) is 0 Å². The molecule has 0 radical (unpaired) electrons. The van der Waals surface area contributed by atoms with Crippen molar-refractivity contribution in [3.63, 3.8) is 0 Å². The van der Waals surface area contributed by atoms with Crippen LogP contribution >= 0.6 is 0 Å². The molecule has 0 aliphatic heterocycles. The Hall–Kier alpha value is -1.96. The summed E-state index contributed by atoms with van der Waals surface area (Å²) in [7, 11) is 0. The minimum absolute atomic E-state index is 0. The summed E-state index contributed by atoms with van der Waals surface area (Å²) in [5.41, 5.74) is 0. The first-order valence-corrected chi connectivity index (χ1v) is 5.82. The van der Waals surface area contributed by atoms with E-state index in [2.05, 4.69) is 0 Å². The molecule has 0 saturated heterocycles. The molecule has 4 nitrogen and oxygen atoms in total. The molecule has 0 saturated carbocycles. The minimum atomic E-state index is -1.08. The van der Waals surface area contributed by atoms with E-state index < -0.39 is 11.9 Å². The van der Waals surface area contributed by atoms with Gasteiger partial charge in [0.25, 0.3) is 0 Å². The molecule has 2 rings (SSSR count). The van der Waals surface area contributed by atoms with Gasteiger partial charge in [-0.15, -0.1) is 0 Å². The molecule has 0 atom stereocenters. The van der Waals surface area contributed by atoms with Crippen molar-refractivity contribution >= 4 is 11.9 Å². The average Bonchev–Trinajstić information content (AvgIpc) is 2.42. The van der Waals surface area contributed by atoms with Crippen molar-refractivity contribution in [2.75, 3.05) is 0 Å². The summed E-state index contributed by atoms with van der Waals surface area (Å²) in [6, 6.07) is 24.0. The van der Waals surface area contributed by atoms with E-state index in [0.717, 1.165) is 13.8 Å². The molecule has 5 heteroatoms. The Morgan fingerprint density at radius 2 is 0.571 bits per heavy atom. The maximum absolute atomic E-state index is 8.89. The molecule has 0 aliphatic carbocycles. The van der Waals surface area contributed by atoms with Gasteiger partial charge >= 0.3 is 20.4 Å². The molecular weight excluding hydrogens is 363 g/mol. The quantitative estimate of drug-likeness (QED) is 0.636. The minimum Gasteiger partial charge on any atom is -0.550 e. The van der Waals surface area contributed by atoms with Gasteiger partial charge in [-0.25, -0.2) is 0 Å². The number of carbonyl (C=O) groups excluding carboxylic acids is 2. The van der Waals surface area contributed by atoms with Crippen LogP contribution in [0, 0.1) is 0 Å². The molecule has 0 unspecified atom stereocenters. The van der Waals surface area contributed by atoms with Gasteiger partial charge < -0.3 is 19.8 Å². The van der Waals surface area contributed by atoms with E-state index in [1.54, 1.807) is 0 Å². The molecule has 0 bridgehead atoms. The zero-order chi connectivity index (χ0) is 15.6. The fourth-order valence-electron chi connectivity index (χ4n) is 0.770. The largest absolute Gasteiger partial charge is 2.00 e. The first kappa shape index (κ1) is 24.1. The van der Waals surface area contributed by atoms with Gasteiger partial charge in [-0.1, -0.05) is 72.8 Å². The summed E-state index contributed by atoms with van der Waals surface area (Å²) >= 11 is 0. The van der Waals surface area contributed by atoms with E-state index in [0.29, 0.717) is 0 Å². The molecule has 0 spiro atoms. The van der Waals surface area contributed by atoms with Crippen LogP contribution in [0.25, 0.3) is 0 Å². The summed E-state index contributed by atoms with van der Waals surface area (Å²) in [5.74, 6) is -2.17. The normalized spacial score (nSPS) is 6.95. The maximum Gasteiger partial charge on any atom is 2.00 e. The summed E-state index contributed by atoms with van der Waals surface area (Å²) < 4.78 is 0. The number of carboxylic acids is 2. The van der Waals surface area contributed by atoms with Crippen LogP contribution in [0.15, 0.2) is 72.8 Å². The van der Waals surface area contributed by atoms with Gasteiger partial charge in [0.15, 0.2) is 0 Å². The number of rotatable bonds is 0. The average molecular weight is 381 g/mol. The number of hydrogen-bond donors (Lipinski definition) is 0. The molecule has 0 N–H and O–H groups in total. The SMILES string of the molecule is CC(=O)[O-].CC(=O)[O-].[Pd+2].c1ccccc1.c1ccccc1. The Labute approximate surface area is 139 Å². The zero-order valence-electron chi connectivity index (χ0n) is 11.9. The maximum atomic E-state index is 8.89. The molecule has 116 valence electrons. The van der Waals surface area contributed by atoms with Crippen LogP contribution in [-0.4, -0.2) is 11.9 Å². The van der Waals surface area contributed by atoms with Crippen LogP contribution < -0.4 is 10.2 Å². The second kappa shape index (κ2) is 20.4. The van der Waals surface area contributed by atoms with Crippen LogP contribution in [0.2, 0.25) is 0 Å². The number of hydrogen-bond acceptors (Lipinski definition) is 4. The molecule has 0 aromatic heterocycles. The fraction of sp³-hybridized carbons (Fsp3) is 0.125. The van der Waals surface area contributed by atoms with Crippen LogP contribution in [-0.2, 0) is 30.0 Å². The van der Waals surface area contributed by atoms with Crippen LogP contribution in [0.5, 0.6) is 0 Å². The third kappa shape index (κ3) is 46.0. The van der Waals surface area contributed by atoms with Crippen molar-refractivity contribution in [1.82, 2.24) is 0 Å². The molecule has 2 aromatic carbocycles. The number of carbonyl (C=O) groups is 2. The number of aliphatic carboxylic acids is 2. The van der Waals surface area contributed by atoms with Crippen LogP contribution in [0.1, 0.15) is 13.8 Å². The Morgan fingerprint density at radius 3 is 0.619 bits per heavy atom. The topological polar surface area (TPSA) is 80.3 Å². The predicted molar refractivity (Wildman–Crippen MR) is 74.2 cm³/mol.